The van der Waals surface area contributed by atoms with Crippen LogP contribution in [0.5, 0.6) is 0 Å². The monoisotopic (exact) mass is 804 g/mol. The molecule has 0 saturated heterocycles. The van der Waals surface area contributed by atoms with Crippen LogP contribution in [0.25, 0.3) is 11.1 Å². The Morgan fingerprint density at radius 2 is 0.722 bits per heavy atom. The third-order valence-electron chi connectivity index (χ3n) is 7.74. The zero-order valence-corrected chi connectivity index (χ0v) is 25.9. The van der Waals surface area contributed by atoms with Crippen molar-refractivity contribution in [3.05, 3.63) is 104 Å². The van der Waals surface area contributed by atoms with Crippen LogP contribution in [0.4, 0.5) is 99.2 Å². The van der Waals surface area contributed by atoms with Gasteiger partial charge in [-0.3, -0.25) is 0 Å². The molecule has 2 aliphatic heterocycles. The predicted molar refractivity (Wildman–Crippen MR) is 149 cm³/mol. The molecule has 3 aromatic rings. The van der Waals surface area contributed by atoms with Crippen LogP contribution in [0, 0.1) is 25.5 Å². The van der Waals surface area contributed by atoms with Gasteiger partial charge in [-0.05, 0) is 44.2 Å². The van der Waals surface area contributed by atoms with Crippen LogP contribution in [-0.2, 0) is 12.4 Å². The zero-order valence-electron chi connectivity index (χ0n) is 25.9. The first kappa shape index (κ1) is 40.3. The van der Waals surface area contributed by atoms with E-state index in [-0.39, 0.29) is 11.1 Å². The van der Waals surface area contributed by atoms with Gasteiger partial charge in [0, 0.05) is 22.3 Å². The fraction of sp³-hybridized carbons (Fsp3) is 0.250. The average Bonchev–Trinajstić information content (AvgIpc) is 3.52. The van der Waals surface area contributed by atoms with Gasteiger partial charge >= 0.3 is 37.1 Å². The molecule has 0 N–H and O–H groups in total. The summed E-state index contributed by atoms with van der Waals surface area (Å²) in [6.07, 6.45) is -38.2. The van der Waals surface area contributed by atoms with Gasteiger partial charge in [-0.1, -0.05) is 17.2 Å². The van der Waals surface area contributed by atoms with Crippen molar-refractivity contribution in [2.45, 2.75) is 50.9 Å². The van der Waals surface area contributed by atoms with Crippen molar-refractivity contribution in [2.75, 3.05) is 0 Å². The maximum atomic E-state index is 16.5. The Kier molecular flexibility index (Phi) is 9.17. The number of alkyl halides is 18. The van der Waals surface area contributed by atoms with Gasteiger partial charge in [-0.15, -0.1) is 0 Å². The van der Waals surface area contributed by atoms with Crippen LogP contribution >= 0.6 is 0 Å². The normalized spacial score (nSPS) is 15.4. The van der Waals surface area contributed by atoms with E-state index < -0.39 is 145 Å². The number of aryl methyl sites for hydroxylation is 2. The Balaban J connectivity index is 2.04. The maximum absolute atomic E-state index is 16.5. The first-order valence-corrected chi connectivity index (χ1v) is 14.1. The highest BCUT2D eigenvalue weighted by molar-refractivity contribution is 6.40. The summed E-state index contributed by atoms with van der Waals surface area (Å²) in [6.45, 7) is 2.52. The second kappa shape index (κ2) is 12.3. The Morgan fingerprint density at radius 3 is 1.00 bits per heavy atom. The fourth-order valence-electron chi connectivity index (χ4n) is 5.90. The standard InChI is InChI=1S/C32H12F20N2/c1-9-3-10(2)5-11(4-9)21-17(25(29(41,42)43)30(44,45)46)15-19(33)24-16(20(34)23(15)53-21)18(26(31(47,48)49)32(50,51)52)22(54-24)12-6-13(27(35,36)37)8-14(7-12)28(38,39)40/h3-8H,1-2H3. The Hall–Kier alpha value is -4.92. The van der Waals surface area contributed by atoms with Crippen LogP contribution in [0.15, 0.2) is 57.5 Å². The lowest BCUT2D eigenvalue weighted by molar-refractivity contribution is -0.172. The molecule has 0 radical (unpaired) electrons. The first-order chi connectivity index (χ1) is 24.2. The van der Waals surface area contributed by atoms with E-state index in [1.807, 2.05) is 0 Å². The number of halogens is 20. The first-order valence-electron chi connectivity index (χ1n) is 14.1. The lowest BCUT2D eigenvalue weighted by Gasteiger charge is -2.21. The highest BCUT2D eigenvalue weighted by Gasteiger charge is 2.58. The van der Waals surface area contributed by atoms with Gasteiger partial charge in [0.15, 0.2) is 11.6 Å². The summed E-state index contributed by atoms with van der Waals surface area (Å²) in [5, 5.41) is 0. The zero-order chi connectivity index (χ0) is 41.0. The van der Waals surface area contributed by atoms with Crippen molar-refractivity contribution < 1.29 is 87.8 Å². The summed E-state index contributed by atoms with van der Waals surface area (Å²) < 4.78 is 285. The minimum absolute atomic E-state index is 0.103. The van der Waals surface area contributed by atoms with Crippen LogP contribution < -0.4 is 0 Å². The molecule has 0 bridgehead atoms. The minimum atomic E-state index is -6.76. The van der Waals surface area contributed by atoms with E-state index in [2.05, 4.69) is 9.98 Å². The van der Waals surface area contributed by atoms with Crippen molar-refractivity contribution >= 4 is 33.9 Å². The van der Waals surface area contributed by atoms with E-state index in [1.54, 1.807) is 0 Å². The van der Waals surface area contributed by atoms with Crippen LogP contribution in [0.1, 0.15) is 44.5 Å². The topological polar surface area (TPSA) is 24.7 Å². The van der Waals surface area contributed by atoms with Crippen LogP contribution in [0.3, 0.4) is 0 Å². The number of benzene rings is 3. The quantitative estimate of drug-likeness (QED) is 0.231. The minimum Gasteiger partial charge on any atom is -0.244 e. The van der Waals surface area contributed by atoms with Crippen molar-refractivity contribution in [1.82, 2.24) is 0 Å². The van der Waals surface area contributed by atoms with Gasteiger partial charge in [0.25, 0.3) is 0 Å². The number of hydrogen-bond donors (Lipinski definition) is 0. The molecule has 0 unspecified atom stereocenters. The molecule has 0 saturated carbocycles. The number of fused-ring (bicyclic) bond motifs is 2. The van der Waals surface area contributed by atoms with E-state index in [1.165, 1.54) is 19.9 Å². The molecule has 0 atom stereocenters. The van der Waals surface area contributed by atoms with Crippen molar-refractivity contribution in [1.29, 1.82) is 0 Å². The summed E-state index contributed by atoms with van der Waals surface area (Å²) in [7, 11) is 0. The summed E-state index contributed by atoms with van der Waals surface area (Å²) in [6, 6.07) is 1.48. The van der Waals surface area contributed by atoms with Gasteiger partial charge in [-0.2, -0.15) is 79.0 Å². The molecule has 0 fully saturated rings. The molecular weight excluding hydrogens is 792 g/mol. The molecule has 0 aliphatic carbocycles. The van der Waals surface area contributed by atoms with E-state index in [4.69, 9.17) is 0 Å². The SMILES string of the molecule is Cc1cc(C)cc(C2=Nc3c(F)c4c(c(F)c3C2=C(C(F)(F)F)C(F)(F)F)N=C(c2cc(C(F)(F)F)cc(C(F)(F)F)c2)C4=C(C(F)(F)F)C(F)(F)F)c1. The molecule has 2 heterocycles. The summed E-state index contributed by atoms with van der Waals surface area (Å²) >= 11 is 0. The number of rotatable bonds is 2. The Labute approximate surface area is 286 Å². The van der Waals surface area contributed by atoms with E-state index >= 15 is 8.78 Å². The van der Waals surface area contributed by atoms with E-state index in [0.29, 0.717) is 0 Å². The van der Waals surface area contributed by atoms with Crippen molar-refractivity contribution in [3.8, 4) is 0 Å². The molecule has 0 amide bonds. The molecule has 0 aromatic heterocycles. The number of allylic oxidation sites excluding steroid dienone is 4. The summed E-state index contributed by atoms with van der Waals surface area (Å²) in [5.41, 5.74) is -32.2. The van der Waals surface area contributed by atoms with Gasteiger partial charge in [-0.25, -0.2) is 18.8 Å². The molecule has 0 spiro atoms. The van der Waals surface area contributed by atoms with E-state index in [0.717, 1.165) is 12.1 Å². The average molecular weight is 804 g/mol. The molecule has 2 aliphatic rings. The smallest absolute Gasteiger partial charge is 0.244 e. The Bertz CT molecular complexity index is 2130. The molecule has 5 rings (SSSR count). The van der Waals surface area contributed by atoms with Gasteiger partial charge < -0.3 is 0 Å². The number of aliphatic imine (C=N–C) groups is 2. The highest BCUT2D eigenvalue weighted by atomic mass is 19.4. The largest absolute Gasteiger partial charge is 0.422 e. The second-order valence-corrected chi connectivity index (χ2v) is 11.7. The third-order valence-corrected chi connectivity index (χ3v) is 7.74. The van der Waals surface area contributed by atoms with Crippen LogP contribution in [-0.4, -0.2) is 36.1 Å². The van der Waals surface area contributed by atoms with Crippen LogP contribution in [0.2, 0.25) is 0 Å². The third kappa shape index (κ3) is 7.05. The molecule has 2 nitrogen and oxygen atoms in total. The van der Waals surface area contributed by atoms with Gasteiger partial charge in [0.05, 0.1) is 33.7 Å². The van der Waals surface area contributed by atoms with Crippen molar-refractivity contribution in [2.24, 2.45) is 9.98 Å². The second-order valence-electron chi connectivity index (χ2n) is 11.7. The molecular formula is C32H12F20N2. The molecule has 22 heteroatoms. The highest BCUT2D eigenvalue weighted by Crippen LogP contribution is 2.57. The number of hydrogen-bond acceptors (Lipinski definition) is 2. The van der Waals surface area contributed by atoms with E-state index in [9.17, 15) is 79.0 Å². The maximum Gasteiger partial charge on any atom is 0.422 e. The molecule has 54 heavy (non-hydrogen) atoms. The van der Waals surface area contributed by atoms with Gasteiger partial charge in [0.1, 0.15) is 22.5 Å². The van der Waals surface area contributed by atoms with Gasteiger partial charge in [0.2, 0.25) is 0 Å². The van der Waals surface area contributed by atoms with Crippen molar-refractivity contribution in [3.63, 3.8) is 0 Å². The lowest BCUT2D eigenvalue weighted by atomic mass is 9.87. The lowest BCUT2D eigenvalue weighted by Crippen LogP contribution is -2.29. The summed E-state index contributed by atoms with van der Waals surface area (Å²) in [5.74, 6) is -5.38. The molecule has 290 valence electrons. The predicted octanol–water partition coefficient (Wildman–Crippen LogP) is 12.6. The Morgan fingerprint density at radius 1 is 0.426 bits per heavy atom. The fourth-order valence-corrected chi connectivity index (χ4v) is 5.90. The summed E-state index contributed by atoms with van der Waals surface area (Å²) in [4.78, 5) is 6.24. The number of nitrogens with zero attached hydrogens (tertiary/aromatic N) is 2. The molecule has 3 aromatic carbocycles.